The molecule has 1 amide bonds. The van der Waals surface area contributed by atoms with Crippen molar-refractivity contribution in [3.05, 3.63) is 63.3 Å². The lowest BCUT2D eigenvalue weighted by atomic mass is 10.0. The van der Waals surface area contributed by atoms with Crippen LogP contribution in [0.2, 0.25) is 0 Å². The van der Waals surface area contributed by atoms with Crippen molar-refractivity contribution in [3.63, 3.8) is 0 Å². The van der Waals surface area contributed by atoms with Crippen molar-refractivity contribution in [3.8, 4) is 5.75 Å². The van der Waals surface area contributed by atoms with Crippen LogP contribution in [0.25, 0.3) is 10.2 Å². The number of nitrogens with one attached hydrogen (secondary N) is 2. The number of rotatable bonds is 13. The molecule has 2 aromatic carbocycles. The Bertz CT molecular complexity index is 1170. The standard InChI is InChI=1S/C29H39N3O3S/c1-21(22-10-4-2-5-11-22)20-30-18-17-26(34)32(24-13-7-8-14-24)19-9-3-6-12-23-15-16-25(33)27-28(23)36-29(35)31-27/h2,4-5,10-11,15-16,21,24,30,33H,3,6-9,12-14,17-20H2,1H3,(H,31,35)/t21-/m1/s1. The molecule has 6 nitrogen and oxygen atoms in total. The predicted molar refractivity (Wildman–Crippen MR) is 148 cm³/mol. The van der Waals surface area contributed by atoms with Crippen molar-refractivity contribution >= 4 is 27.5 Å². The van der Waals surface area contributed by atoms with Crippen LogP contribution in [0.15, 0.2) is 47.3 Å². The highest BCUT2D eigenvalue weighted by atomic mass is 32.1. The van der Waals surface area contributed by atoms with E-state index in [2.05, 4.69) is 46.4 Å². The molecule has 3 aromatic rings. The van der Waals surface area contributed by atoms with Crippen LogP contribution in [0.3, 0.4) is 0 Å². The zero-order chi connectivity index (χ0) is 25.3. The summed E-state index contributed by atoms with van der Waals surface area (Å²) in [5, 5.41) is 13.5. The van der Waals surface area contributed by atoms with Crippen molar-refractivity contribution in [2.24, 2.45) is 0 Å². The second-order valence-corrected chi connectivity index (χ2v) is 11.0. The first-order chi connectivity index (χ1) is 17.5. The van der Waals surface area contributed by atoms with Gasteiger partial charge in [0.05, 0.1) is 4.70 Å². The van der Waals surface area contributed by atoms with Gasteiger partial charge in [0.1, 0.15) is 11.3 Å². The van der Waals surface area contributed by atoms with Crippen molar-refractivity contribution in [1.29, 1.82) is 0 Å². The Morgan fingerprint density at radius 1 is 1.14 bits per heavy atom. The summed E-state index contributed by atoms with van der Waals surface area (Å²) in [6.45, 7) is 4.64. The van der Waals surface area contributed by atoms with Gasteiger partial charge in [-0.05, 0) is 55.2 Å². The molecule has 0 aliphatic heterocycles. The fraction of sp³-hybridized carbons (Fsp3) is 0.517. The van der Waals surface area contributed by atoms with Gasteiger partial charge in [-0.2, -0.15) is 0 Å². The third kappa shape index (κ3) is 6.98. The average Bonchev–Trinajstić information content (AvgIpc) is 3.56. The van der Waals surface area contributed by atoms with Gasteiger partial charge < -0.3 is 20.3 Å². The number of hydrogen-bond donors (Lipinski definition) is 3. The largest absolute Gasteiger partial charge is 0.506 e. The summed E-state index contributed by atoms with van der Waals surface area (Å²) in [6, 6.07) is 14.5. The minimum Gasteiger partial charge on any atom is -0.506 e. The summed E-state index contributed by atoms with van der Waals surface area (Å²) in [7, 11) is 0. The third-order valence-corrected chi connectivity index (χ3v) is 8.36. The van der Waals surface area contributed by atoms with Crippen molar-refractivity contribution in [2.75, 3.05) is 19.6 Å². The second kappa shape index (κ2) is 13.1. The molecule has 0 saturated heterocycles. The summed E-state index contributed by atoms with van der Waals surface area (Å²) in [4.78, 5) is 29.6. The maximum atomic E-state index is 13.1. The molecule has 1 atom stereocenters. The molecule has 0 spiro atoms. The molecule has 0 bridgehead atoms. The van der Waals surface area contributed by atoms with E-state index < -0.39 is 0 Å². The minimum atomic E-state index is -0.137. The number of nitrogens with zero attached hydrogens (tertiary/aromatic N) is 1. The number of aromatic hydroxyl groups is 1. The lowest BCUT2D eigenvalue weighted by molar-refractivity contribution is -0.133. The molecule has 1 aromatic heterocycles. The molecule has 1 aliphatic rings. The number of benzene rings is 2. The summed E-state index contributed by atoms with van der Waals surface area (Å²) < 4.78 is 0.858. The Morgan fingerprint density at radius 2 is 1.92 bits per heavy atom. The van der Waals surface area contributed by atoms with Crippen molar-refractivity contribution in [2.45, 2.75) is 76.7 Å². The van der Waals surface area contributed by atoms with Gasteiger partial charge >= 0.3 is 4.87 Å². The molecule has 1 saturated carbocycles. The molecule has 1 fully saturated rings. The zero-order valence-electron chi connectivity index (χ0n) is 21.3. The van der Waals surface area contributed by atoms with E-state index in [9.17, 15) is 14.7 Å². The van der Waals surface area contributed by atoms with Crippen LogP contribution in [-0.4, -0.2) is 46.6 Å². The average molecular weight is 510 g/mol. The van der Waals surface area contributed by atoms with Gasteiger partial charge in [0.25, 0.3) is 0 Å². The van der Waals surface area contributed by atoms with Gasteiger partial charge in [0.15, 0.2) is 0 Å². The first-order valence-electron chi connectivity index (χ1n) is 13.4. The maximum absolute atomic E-state index is 13.1. The highest BCUT2D eigenvalue weighted by Gasteiger charge is 2.25. The van der Waals surface area contributed by atoms with E-state index in [1.807, 2.05) is 12.1 Å². The Hall–Kier alpha value is -2.64. The van der Waals surface area contributed by atoms with E-state index in [1.165, 1.54) is 18.4 Å². The highest BCUT2D eigenvalue weighted by molar-refractivity contribution is 7.16. The predicted octanol–water partition coefficient (Wildman–Crippen LogP) is 5.56. The first-order valence-corrected chi connectivity index (χ1v) is 14.2. The number of aryl methyl sites for hydroxylation is 1. The minimum absolute atomic E-state index is 0.127. The number of fused-ring (bicyclic) bond motifs is 1. The number of H-pyrrole nitrogens is 1. The number of carbonyl (C=O) groups is 1. The van der Waals surface area contributed by atoms with Crippen LogP contribution in [0.4, 0.5) is 0 Å². The summed E-state index contributed by atoms with van der Waals surface area (Å²) in [6.07, 6.45) is 9.13. The maximum Gasteiger partial charge on any atom is 0.305 e. The van der Waals surface area contributed by atoms with Gasteiger partial charge in [-0.1, -0.05) is 73.9 Å². The number of hydrogen-bond acceptors (Lipinski definition) is 5. The molecule has 0 unspecified atom stereocenters. The number of amides is 1. The Balaban J connectivity index is 1.21. The quantitative estimate of drug-likeness (QED) is 0.263. The monoisotopic (exact) mass is 509 g/mol. The number of phenols is 1. The fourth-order valence-electron chi connectivity index (χ4n) is 5.33. The summed E-state index contributed by atoms with van der Waals surface area (Å²) >= 11 is 1.16. The molecule has 0 radical (unpaired) electrons. The Morgan fingerprint density at radius 3 is 2.69 bits per heavy atom. The second-order valence-electron chi connectivity index (χ2n) is 10.1. The van der Waals surface area contributed by atoms with E-state index >= 15 is 0 Å². The molecule has 1 aliphatic carbocycles. The molecular weight excluding hydrogens is 470 g/mol. The van der Waals surface area contributed by atoms with Gasteiger partial charge in [0, 0.05) is 32.1 Å². The van der Waals surface area contributed by atoms with Gasteiger partial charge in [-0.3, -0.25) is 9.59 Å². The van der Waals surface area contributed by atoms with E-state index in [0.717, 1.165) is 79.8 Å². The van der Waals surface area contributed by atoms with Crippen LogP contribution in [0, 0.1) is 0 Å². The van der Waals surface area contributed by atoms with E-state index in [4.69, 9.17) is 0 Å². The number of carbonyl (C=O) groups excluding carboxylic acids is 1. The van der Waals surface area contributed by atoms with Crippen LogP contribution in [0.1, 0.15) is 75.3 Å². The van der Waals surface area contributed by atoms with E-state index in [1.54, 1.807) is 6.07 Å². The zero-order valence-corrected chi connectivity index (χ0v) is 22.1. The molecule has 36 heavy (non-hydrogen) atoms. The van der Waals surface area contributed by atoms with E-state index in [-0.39, 0.29) is 16.5 Å². The smallest absolute Gasteiger partial charge is 0.305 e. The lowest BCUT2D eigenvalue weighted by Crippen LogP contribution is -2.40. The van der Waals surface area contributed by atoms with Gasteiger partial charge in [0.2, 0.25) is 5.91 Å². The highest BCUT2D eigenvalue weighted by Crippen LogP contribution is 2.29. The molecule has 3 N–H and O–H groups in total. The molecule has 4 rings (SSSR count). The normalized spacial score (nSPS) is 14.9. The van der Waals surface area contributed by atoms with Crippen molar-refractivity contribution < 1.29 is 9.90 Å². The van der Waals surface area contributed by atoms with Gasteiger partial charge in [-0.15, -0.1) is 0 Å². The van der Waals surface area contributed by atoms with Crippen LogP contribution in [-0.2, 0) is 11.2 Å². The van der Waals surface area contributed by atoms with Crippen LogP contribution >= 0.6 is 11.3 Å². The molecular formula is C29H39N3O3S. The molecule has 194 valence electrons. The van der Waals surface area contributed by atoms with Crippen LogP contribution in [0.5, 0.6) is 5.75 Å². The van der Waals surface area contributed by atoms with Gasteiger partial charge in [-0.25, -0.2) is 0 Å². The topological polar surface area (TPSA) is 85.4 Å². The van der Waals surface area contributed by atoms with Crippen molar-refractivity contribution in [1.82, 2.24) is 15.2 Å². The Labute approximate surface area is 217 Å². The summed E-state index contributed by atoms with van der Waals surface area (Å²) in [5.41, 5.74) is 2.97. The first kappa shape index (κ1) is 26.4. The number of aromatic amines is 1. The van der Waals surface area contributed by atoms with E-state index in [0.29, 0.717) is 23.9 Å². The molecule has 7 heteroatoms. The number of unbranched alkanes of at least 4 members (excludes halogenated alkanes) is 2. The SMILES string of the molecule is C[C@H](CNCCC(=O)N(CCCCCc1ccc(O)c2[nH]c(=O)sc12)C1CCCC1)c1ccccc1. The fourth-order valence-corrected chi connectivity index (χ4v) is 6.23. The lowest BCUT2D eigenvalue weighted by Gasteiger charge is -2.29. The third-order valence-electron chi connectivity index (χ3n) is 7.40. The van der Waals surface area contributed by atoms with Crippen LogP contribution < -0.4 is 10.2 Å². The number of phenolic OH excluding ortho intramolecular Hbond substituents is 1. The molecule has 1 heterocycles. The summed E-state index contributed by atoms with van der Waals surface area (Å²) in [5.74, 6) is 0.829. The Kier molecular flexibility index (Phi) is 9.59. The number of thiazole rings is 1. The number of aromatic nitrogens is 1.